The molecule has 3 rings (SSSR count). The van der Waals surface area contributed by atoms with E-state index in [-0.39, 0.29) is 0 Å². The third-order valence-corrected chi connectivity index (χ3v) is 4.61. The number of nitrogens with one attached hydrogen (secondary N) is 2. The van der Waals surface area contributed by atoms with E-state index in [0.29, 0.717) is 12.1 Å². The molecule has 1 aliphatic heterocycles. The number of methoxy groups -OCH3 is 1. The fraction of sp³-hybridized carbons (Fsp3) is 0.400. The van der Waals surface area contributed by atoms with Crippen molar-refractivity contribution in [3.05, 3.63) is 65.2 Å². The minimum atomic E-state index is 0.373. The Hall–Kier alpha value is -1.84. The Morgan fingerprint density at radius 3 is 2.87 bits per heavy atom. The molecule has 0 bridgehead atoms. The number of hydrogen-bond donors (Lipinski definition) is 2. The Bertz CT molecular complexity index is 641. The fourth-order valence-electron chi connectivity index (χ4n) is 3.41. The van der Waals surface area contributed by atoms with Gasteiger partial charge in [0, 0.05) is 24.2 Å². The summed E-state index contributed by atoms with van der Waals surface area (Å²) >= 11 is 0. The van der Waals surface area contributed by atoms with Crippen LogP contribution < -0.4 is 15.4 Å². The molecular weight excluding hydrogens is 284 g/mol. The van der Waals surface area contributed by atoms with Gasteiger partial charge in [-0.05, 0) is 37.9 Å². The predicted molar refractivity (Wildman–Crippen MR) is 94.8 cm³/mol. The van der Waals surface area contributed by atoms with Crippen molar-refractivity contribution in [1.82, 2.24) is 10.6 Å². The van der Waals surface area contributed by atoms with Crippen molar-refractivity contribution in [2.75, 3.05) is 13.7 Å². The molecule has 0 aromatic heterocycles. The number of para-hydroxylation sites is 1. The zero-order valence-electron chi connectivity index (χ0n) is 14.0. The topological polar surface area (TPSA) is 33.3 Å². The largest absolute Gasteiger partial charge is 0.496 e. The summed E-state index contributed by atoms with van der Waals surface area (Å²) in [5.41, 5.74) is 3.91. The highest BCUT2D eigenvalue weighted by Gasteiger charge is 2.25. The minimum Gasteiger partial charge on any atom is -0.496 e. The highest BCUT2D eigenvalue weighted by atomic mass is 16.5. The van der Waals surface area contributed by atoms with Gasteiger partial charge < -0.3 is 15.4 Å². The molecule has 2 N–H and O–H groups in total. The molecule has 23 heavy (non-hydrogen) atoms. The standard InChI is InChI=1S/C20H26N2O/c1-15-7-5-9-16(13-15)20-18(10-6-12-21-20)22-14-17-8-3-4-11-19(17)23-2/h3-5,7-9,11,13,18,20-22H,6,10,12,14H2,1-2H3. The summed E-state index contributed by atoms with van der Waals surface area (Å²) < 4.78 is 5.46. The Kier molecular flexibility index (Phi) is 5.31. The number of aryl methyl sites for hydroxylation is 1. The molecule has 2 aromatic carbocycles. The van der Waals surface area contributed by atoms with E-state index in [1.54, 1.807) is 7.11 Å². The van der Waals surface area contributed by atoms with Crippen LogP contribution in [0, 0.1) is 6.92 Å². The Morgan fingerprint density at radius 1 is 1.17 bits per heavy atom. The van der Waals surface area contributed by atoms with Crippen molar-refractivity contribution in [3.8, 4) is 5.75 Å². The van der Waals surface area contributed by atoms with Gasteiger partial charge in [0.1, 0.15) is 5.75 Å². The first-order chi connectivity index (χ1) is 11.3. The second-order valence-corrected chi connectivity index (χ2v) is 6.29. The van der Waals surface area contributed by atoms with E-state index >= 15 is 0 Å². The lowest BCUT2D eigenvalue weighted by molar-refractivity contribution is 0.302. The summed E-state index contributed by atoms with van der Waals surface area (Å²) in [6, 6.07) is 17.9. The highest BCUT2D eigenvalue weighted by Crippen LogP contribution is 2.25. The van der Waals surface area contributed by atoms with Crippen LogP contribution in [0.5, 0.6) is 5.75 Å². The van der Waals surface area contributed by atoms with Crippen LogP contribution in [-0.4, -0.2) is 19.7 Å². The second kappa shape index (κ2) is 7.62. The summed E-state index contributed by atoms with van der Waals surface area (Å²) in [6.07, 6.45) is 2.41. The summed E-state index contributed by atoms with van der Waals surface area (Å²) in [4.78, 5) is 0. The van der Waals surface area contributed by atoms with Crippen molar-refractivity contribution in [2.45, 2.75) is 38.4 Å². The van der Waals surface area contributed by atoms with Gasteiger partial charge >= 0.3 is 0 Å². The molecule has 3 heteroatoms. The number of rotatable bonds is 5. The van der Waals surface area contributed by atoms with Gasteiger partial charge in [0.25, 0.3) is 0 Å². The van der Waals surface area contributed by atoms with Gasteiger partial charge in [-0.25, -0.2) is 0 Å². The van der Waals surface area contributed by atoms with Crippen molar-refractivity contribution in [1.29, 1.82) is 0 Å². The minimum absolute atomic E-state index is 0.373. The van der Waals surface area contributed by atoms with Crippen LogP contribution in [0.4, 0.5) is 0 Å². The van der Waals surface area contributed by atoms with Crippen LogP contribution in [0.25, 0.3) is 0 Å². The fourth-order valence-corrected chi connectivity index (χ4v) is 3.41. The van der Waals surface area contributed by atoms with Crippen LogP contribution in [0.1, 0.15) is 35.6 Å². The summed E-state index contributed by atoms with van der Waals surface area (Å²) in [5.74, 6) is 0.955. The maximum Gasteiger partial charge on any atom is 0.123 e. The van der Waals surface area contributed by atoms with E-state index in [9.17, 15) is 0 Å². The van der Waals surface area contributed by atoms with Crippen molar-refractivity contribution < 1.29 is 4.74 Å². The predicted octanol–water partition coefficient (Wildman–Crippen LogP) is 3.59. The van der Waals surface area contributed by atoms with Crippen LogP contribution in [0.3, 0.4) is 0 Å². The summed E-state index contributed by atoms with van der Waals surface area (Å²) in [7, 11) is 1.73. The van der Waals surface area contributed by atoms with Gasteiger partial charge in [-0.3, -0.25) is 0 Å². The smallest absolute Gasteiger partial charge is 0.123 e. The van der Waals surface area contributed by atoms with Crippen LogP contribution >= 0.6 is 0 Å². The maximum absolute atomic E-state index is 5.46. The highest BCUT2D eigenvalue weighted by molar-refractivity contribution is 5.33. The molecule has 0 radical (unpaired) electrons. The van der Waals surface area contributed by atoms with Crippen LogP contribution in [-0.2, 0) is 6.54 Å². The van der Waals surface area contributed by atoms with Crippen molar-refractivity contribution in [3.63, 3.8) is 0 Å². The van der Waals surface area contributed by atoms with Gasteiger partial charge in [-0.15, -0.1) is 0 Å². The average molecular weight is 310 g/mol. The average Bonchev–Trinajstić information content (AvgIpc) is 2.60. The number of ether oxygens (including phenoxy) is 1. The zero-order valence-corrected chi connectivity index (χ0v) is 14.0. The molecule has 0 saturated carbocycles. The Labute approximate surface area is 139 Å². The molecule has 0 aliphatic carbocycles. The lowest BCUT2D eigenvalue weighted by atomic mass is 9.91. The first-order valence-corrected chi connectivity index (χ1v) is 8.43. The molecule has 1 aliphatic rings. The molecule has 2 aromatic rings. The van der Waals surface area contributed by atoms with E-state index in [2.05, 4.69) is 54.0 Å². The summed E-state index contributed by atoms with van der Waals surface area (Å²) in [6.45, 7) is 4.08. The lowest BCUT2D eigenvalue weighted by Gasteiger charge is -2.34. The first kappa shape index (κ1) is 16.0. The monoisotopic (exact) mass is 310 g/mol. The van der Waals surface area contributed by atoms with Gasteiger partial charge in [-0.2, -0.15) is 0 Å². The molecular formula is C20H26N2O. The van der Waals surface area contributed by atoms with E-state index in [4.69, 9.17) is 4.74 Å². The third kappa shape index (κ3) is 3.92. The second-order valence-electron chi connectivity index (χ2n) is 6.29. The van der Waals surface area contributed by atoms with Gasteiger partial charge in [0.15, 0.2) is 0 Å². The van der Waals surface area contributed by atoms with Crippen LogP contribution in [0.15, 0.2) is 48.5 Å². The molecule has 3 nitrogen and oxygen atoms in total. The zero-order chi connectivity index (χ0) is 16.1. The number of hydrogen-bond acceptors (Lipinski definition) is 3. The molecule has 122 valence electrons. The van der Waals surface area contributed by atoms with Crippen molar-refractivity contribution >= 4 is 0 Å². The van der Waals surface area contributed by atoms with E-state index in [1.165, 1.54) is 29.5 Å². The van der Waals surface area contributed by atoms with Crippen molar-refractivity contribution in [2.24, 2.45) is 0 Å². The Balaban J connectivity index is 1.72. The van der Waals surface area contributed by atoms with Gasteiger partial charge in [-0.1, -0.05) is 48.0 Å². The molecule has 1 heterocycles. The van der Waals surface area contributed by atoms with Crippen LogP contribution in [0.2, 0.25) is 0 Å². The van der Waals surface area contributed by atoms with Gasteiger partial charge in [0.05, 0.1) is 7.11 Å². The normalized spacial score (nSPS) is 21.1. The third-order valence-electron chi connectivity index (χ3n) is 4.61. The molecule has 2 unspecified atom stereocenters. The molecule has 1 saturated heterocycles. The quantitative estimate of drug-likeness (QED) is 0.885. The number of benzene rings is 2. The molecule has 1 fully saturated rings. The number of piperidine rings is 1. The summed E-state index contributed by atoms with van der Waals surface area (Å²) in [5, 5.41) is 7.42. The van der Waals surface area contributed by atoms with E-state index in [0.717, 1.165) is 18.8 Å². The first-order valence-electron chi connectivity index (χ1n) is 8.43. The maximum atomic E-state index is 5.46. The van der Waals surface area contributed by atoms with E-state index in [1.807, 2.05) is 12.1 Å². The molecule has 0 spiro atoms. The molecule has 2 atom stereocenters. The Morgan fingerprint density at radius 2 is 2.04 bits per heavy atom. The van der Waals surface area contributed by atoms with E-state index < -0.39 is 0 Å². The van der Waals surface area contributed by atoms with Gasteiger partial charge in [0.2, 0.25) is 0 Å². The molecule has 0 amide bonds. The SMILES string of the molecule is COc1ccccc1CNC1CCCNC1c1cccc(C)c1. The lowest BCUT2D eigenvalue weighted by Crippen LogP contribution is -2.45.